The van der Waals surface area contributed by atoms with E-state index in [0.29, 0.717) is 28.5 Å². The van der Waals surface area contributed by atoms with E-state index in [4.69, 9.17) is 0 Å². The van der Waals surface area contributed by atoms with Gasteiger partial charge in [-0.05, 0) is 32.6 Å². The van der Waals surface area contributed by atoms with Crippen molar-refractivity contribution in [3.05, 3.63) is 17.1 Å². The highest BCUT2D eigenvalue weighted by Gasteiger charge is 2.30. The number of aryl methyl sites for hydroxylation is 1. The molecule has 2 aliphatic rings. The molecule has 0 spiro atoms. The number of nitrogens with one attached hydrogen (secondary N) is 1. The van der Waals surface area contributed by atoms with Gasteiger partial charge in [0, 0.05) is 12.0 Å². The third-order valence-electron chi connectivity index (χ3n) is 3.51. The Bertz CT molecular complexity index is 597. The van der Waals surface area contributed by atoms with E-state index in [1.165, 1.54) is 11.8 Å². The molecular weight excluding hydrogens is 290 g/mol. The Kier molecular flexibility index (Phi) is 3.84. The van der Waals surface area contributed by atoms with Crippen molar-refractivity contribution in [1.29, 1.82) is 0 Å². The van der Waals surface area contributed by atoms with Gasteiger partial charge in [0.25, 0.3) is 0 Å². The van der Waals surface area contributed by atoms with Crippen molar-refractivity contribution in [2.45, 2.75) is 49.6 Å². The minimum Gasteiger partial charge on any atom is -0.478 e. The summed E-state index contributed by atoms with van der Waals surface area (Å²) < 4.78 is 0. The van der Waals surface area contributed by atoms with E-state index in [0.717, 1.165) is 25.7 Å². The van der Waals surface area contributed by atoms with Crippen molar-refractivity contribution in [1.82, 2.24) is 15.3 Å². The molecule has 1 aromatic heterocycles. The maximum absolute atomic E-state index is 11.7. The minimum atomic E-state index is -1.04. The molecule has 3 rings (SSSR count). The molecule has 1 aromatic rings. The first-order valence-corrected chi connectivity index (χ1v) is 8.07. The van der Waals surface area contributed by atoms with Crippen molar-refractivity contribution < 1.29 is 14.7 Å². The fourth-order valence-electron chi connectivity index (χ4n) is 2.07. The maximum Gasteiger partial charge on any atom is 0.340 e. The molecule has 2 aliphatic carbocycles. The number of carboxylic acid groups (broad SMARTS) is 1. The van der Waals surface area contributed by atoms with E-state index in [1.54, 1.807) is 6.92 Å². The van der Waals surface area contributed by atoms with E-state index in [1.807, 2.05) is 0 Å². The highest BCUT2D eigenvalue weighted by Crippen LogP contribution is 2.39. The Hall–Kier alpha value is -1.63. The van der Waals surface area contributed by atoms with Gasteiger partial charge in [0.1, 0.15) is 16.4 Å². The number of carboxylic acids is 1. The Morgan fingerprint density at radius 1 is 1.29 bits per heavy atom. The van der Waals surface area contributed by atoms with Crippen molar-refractivity contribution in [3.8, 4) is 0 Å². The maximum atomic E-state index is 11.7. The van der Waals surface area contributed by atoms with Crippen LogP contribution in [0.2, 0.25) is 0 Å². The molecule has 6 nitrogen and oxygen atoms in total. The van der Waals surface area contributed by atoms with Gasteiger partial charge < -0.3 is 10.4 Å². The van der Waals surface area contributed by atoms with Crippen LogP contribution in [0.3, 0.4) is 0 Å². The highest BCUT2D eigenvalue weighted by atomic mass is 32.2. The van der Waals surface area contributed by atoms with Crippen LogP contribution >= 0.6 is 11.8 Å². The summed E-state index contributed by atoms with van der Waals surface area (Å²) in [5.74, 6) is 0.147. The Morgan fingerprint density at radius 2 is 2.00 bits per heavy atom. The monoisotopic (exact) mass is 307 g/mol. The molecule has 2 saturated carbocycles. The van der Waals surface area contributed by atoms with E-state index in [-0.39, 0.29) is 17.2 Å². The molecule has 0 unspecified atom stereocenters. The van der Waals surface area contributed by atoms with Crippen LogP contribution < -0.4 is 5.32 Å². The van der Waals surface area contributed by atoms with Crippen LogP contribution in [0.5, 0.6) is 0 Å². The average Bonchev–Trinajstić information content (AvgIpc) is 3.27. The summed E-state index contributed by atoms with van der Waals surface area (Å²) in [5, 5.41) is 12.6. The molecule has 7 heteroatoms. The first-order chi connectivity index (χ1) is 10.0. The van der Waals surface area contributed by atoms with Crippen LogP contribution in [0.25, 0.3) is 0 Å². The van der Waals surface area contributed by atoms with Crippen molar-refractivity contribution >= 4 is 23.6 Å². The molecule has 21 heavy (non-hydrogen) atoms. The lowest BCUT2D eigenvalue weighted by Gasteiger charge is -2.10. The van der Waals surface area contributed by atoms with Gasteiger partial charge in [-0.25, -0.2) is 14.8 Å². The zero-order chi connectivity index (χ0) is 15.0. The number of amides is 1. The normalized spacial score (nSPS) is 17.6. The van der Waals surface area contributed by atoms with Crippen LogP contribution in [0, 0.1) is 6.92 Å². The van der Waals surface area contributed by atoms with Gasteiger partial charge in [0.15, 0.2) is 0 Å². The lowest BCUT2D eigenvalue weighted by atomic mass is 10.2. The molecule has 112 valence electrons. The summed E-state index contributed by atoms with van der Waals surface area (Å²) in [6, 6.07) is 0.311. The first kappa shape index (κ1) is 14.3. The quantitative estimate of drug-likeness (QED) is 0.614. The molecule has 0 bridgehead atoms. The smallest absolute Gasteiger partial charge is 0.340 e. The molecule has 2 fully saturated rings. The van der Waals surface area contributed by atoms with Crippen LogP contribution in [-0.4, -0.2) is 38.7 Å². The summed E-state index contributed by atoms with van der Waals surface area (Å²) in [6.07, 6.45) is 4.18. The molecule has 2 N–H and O–H groups in total. The Labute approximate surface area is 126 Å². The molecule has 0 radical (unpaired) electrons. The van der Waals surface area contributed by atoms with Gasteiger partial charge in [0.2, 0.25) is 5.91 Å². The molecule has 0 aromatic carbocycles. The lowest BCUT2D eigenvalue weighted by Crippen LogP contribution is -2.27. The van der Waals surface area contributed by atoms with Gasteiger partial charge in [-0.2, -0.15) is 0 Å². The highest BCUT2D eigenvalue weighted by molar-refractivity contribution is 8.00. The lowest BCUT2D eigenvalue weighted by molar-refractivity contribution is -0.118. The number of aromatic carboxylic acids is 1. The third-order valence-corrected chi connectivity index (χ3v) is 4.49. The molecule has 1 amide bonds. The summed E-state index contributed by atoms with van der Waals surface area (Å²) in [4.78, 5) is 31.8. The van der Waals surface area contributed by atoms with Gasteiger partial charge >= 0.3 is 5.97 Å². The number of rotatable bonds is 6. The fourth-order valence-corrected chi connectivity index (χ4v) is 2.96. The van der Waals surface area contributed by atoms with Crippen LogP contribution in [0.1, 0.15) is 53.5 Å². The third kappa shape index (κ3) is 3.53. The van der Waals surface area contributed by atoms with Gasteiger partial charge in [-0.3, -0.25) is 4.79 Å². The van der Waals surface area contributed by atoms with Gasteiger partial charge in [-0.15, -0.1) is 0 Å². The van der Waals surface area contributed by atoms with Crippen LogP contribution in [-0.2, 0) is 4.79 Å². The SMILES string of the molecule is Cc1nc(C2CC2)nc(SCC(=O)NC2CC2)c1C(=O)O. The van der Waals surface area contributed by atoms with Crippen molar-refractivity contribution in [2.75, 3.05) is 5.75 Å². The average molecular weight is 307 g/mol. The summed E-state index contributed by atoms with van der Waals surface area (Å²) in [7, 11) is 0. The standard InChI is InChI=1S/C14H17N3O3S/c1-7-11(14(19)20)13(17-12(15-7)8-2-3-8)21-6-10(18)16-9-4-5-9/h8-9H,2-6H2,1H3,(H,16,18)(H,19,20). The number of hydrogen-bond donors (Lipinski definition) is 2. The summed E-state index contributed by atoms with van der Waals surface area (Å²) in [6.45, 7) is 1.69. The molecule has 0 saturated heterocycles. The fraction of sp³-hybridized carbons (Fsp3) is 0.571. The topological polar surface area (TPSA) is 92.2 Å². The van der Waals surface area contributed by atoms with Crippen molar-refractivity contribution in [3.63, 3.8) is 0 Å². The van der Waals surface area contributed by atoms with Crippen LogP contribution in [0.4, 0.5) is 0 Å². The van der Waals surface area contributed by atoms with E-state index >= 15 is 0 Å². The molecule has 0 aliphatic heterocycles. The number of thioether (sulfide) groups is 1. The predicted octanol–water partition coefficient (Wildman–Crippen LogP) is 1.73. The van der Waals surface area contributed by atoms with E-state index < -0.39 is 5.97 Å². The van der Waals surface area contributed by atoms with E-state index in [2.05, 4.69) is 15.3 Å². The summed E-state index contributed by atoms with van der Waals surface area (Å²) >= 11 is 1.18. The zero-order valence-corrected chi connectivity index (χ0v) is 12.6. The number of carbonyl (C=O) groups excluding carboxylic acids is 1. The largest absolute Gasteiger partial charge is 0.478 e. The number of nitrogens with zero attached hydrogens (tertiary/aromatic N) is 2. The number of hydrogen-bond acceptors (Lipinski definition) is 5. The molecular formula is C14H17N3O3S. The molecule has 0 atom stereocenters. The second-order valence-corrected chi connectivity index (χ2v) is 6.52. The van der Waals surface area contributed by atoms with Gasteiger partial charge in [-0.1, -0.05) is 11.8 Å². The molecule has 1 heterocycles. The first-order valence-electron chi connectivity index (χ1n) is 7.08. The Balaban J connectivity index is 1.76. The van der Waals surface area contributed by atoms with Crippen LogP contribution in [0.15, 0.2) is 5.03 Å². The minimum absolute atomic E-state index is 0.0666. The van der Waals surface area contributed by atoms with Crippen molar-refractivity contribution in [2.24, 2.45) is 0 Å². The summed E-state index contributed by atoms with van der Waals surface area (Å²) in [5.41, 5.74) is 0.591. The second kappa shape index (κ2) is 5.63. The van der Waals surface area contributed by atoms with Gasteiger partial charge in [0.05, 0.1) is 11.4 Å². The number of carbonyl (C=O) groups is 2. The number of aromatic nitrogens is 2. The zero-order valence-electron chi connectivity index (χ0n) is 11.8. The second-order valence-electron chi connectivity index (χ2n) is 5.56. The van der Waals surface area contributed by atoms with E-state index in [9.17, 15) is 14.7 Å². The predicted molar refractivity (Wildman–Crippen MR) is 77.6 cm³/mol. The Morgan fingerprint density at radius 3 is 2.57 bits per heavy atom.